The molecule has 1 saturated heterocycles. The number of nitrogens with zero attached hydrogens (tertiary/aromatic N) is 2. The molecule has 25 heavy (non-hydrogen) atoms. The van der Waals surface area contributed by atoms with E-state index < -0.39 is 0 Å². The van der Waals surface area contributed by atoms with Crippen LogP contribution >= 0.6 is 0 Å². The minimum atomic E-state index is -0.207. The van der Waals surface area contributed by atoms with Crippen molar-refractivity contribution in [3.63, 3.8) is 0 Å². The summed E-state index contributed by atoms with van der Waals surface area (Å²) in [6.07, 6.45) is 2.14. The molecule has 1 fully saturated rings. The highest BCUT2D eigenvalue weighted by molar-refractivity contribution is 5.79. The third-order valence-corrected chi connectivity index (χ3v) is 5.19. The molecule has 0 bridgehead atoms. The van der Waals surface area contributed by atoms with Crippen molar-refractivity contribution in [1.82, 2.24) is 14.9 Å². The van der Waals surface area contributed by atoms with Gasteiger partial charge in [-0.15, -0.1) is 0 Å². The van der Waals surface area contributed by atoms with Gasteiger partial charge in [0.15, 0.2) is 0 Å². The van der Waals surface area contributed by atoms with Crippen molar-refractivity contribution in [3.8, 4) is 0 Å². The molecule has 1 aliphatic rings. The topological polar surface area (TPSA) is 66.1 Å². The van der Waals surface area contributed by atoms with Crippen LogP contribution in [-0.2, 0) is 16.6 Å². The molecule has 0 saturated carbocycles. The van der Waals surface area contributed by atoms with Gasteiger partial charge in [0.2, 0.25) is 5.91 Å². The first kappa shape index (κ1) is 17.4. The van der Waals surface area contributed by atoms with Crippen LogP contribution in [0.3, 0.4) is 0 Å². The average molecular weight is 339 g/mol. The maximum Gasteiger partial charge on any atom is 0.254 e. The van der Waals surface area contributed by atoms with E-state index in [1.165, 1.54) is 5.56 Å². The van der Waals surface area contributed by atoms with E-state index >= 15 is 0 Å². The molecule has 0 spiro atoms. The van der Waals surface area contributed by atoms with Gasteiger partial charge in [-0.1, -0.05) is 37.3 Å². The summed E-state index contributed by atoms with van der Waals surface area (Å²) in [5.41, 5.74) is 2.13. The Bertz CT molecular complexity index is 829. The summed E-state index contributed by atoms with van der Waals surface area (Å²) in [6, 6.07) is 10.4. The molecule has 0 aliphatic carbocycles. The zero-order valence-electron chi connectivity index (χ0n) is 15.1. The predicted molar refractivity (Wildman–Crippen MR) is 97.6 cm³/mol. The van der Waals surface area contributed by atoms with E-state index in [0.717, 1.165) is 19.4 Å². The SMILES string of the molecule is Cc1nc(C)c(CC(=O)N2CCC[C@](C)(c3ccccc3)C2)c(=O)[nH]1. The average Bonchev–Trinajstić information content (AvgIpc) is 2.59. The first-order valence-electron chi connectivity index (χ1n) is 8.79. The molecule has 5 nitrogen and oxygen atoms in total. The smallest absolute Gasteiger partial charge is 0.254 e. The minimum absolute atomic E-state index is 0.00103. The fourth-order valence-corrected chi connectivity index (χ4v) is 3.75. The number of nitrogens with one attached hydrogen (secondary N) is 1. The molecule has 0 unspecified atom stereocenters. The molecule has 1 atom stereocenters. The Morgan fingerprint density at radius 3 is 2.68 bits per heavy atom. The lowest BCUT2D eigenvalue weighted by atomic mass is 9.76. The Kier molecular flexibility index (Phi) is 4.75. The van der Waals surface area contributed by atoms with Gasteiger partial charge in [-0.2, -0.15) is 0 Å². The lowest BCUT2D eigenvalue weighted by molar-refractivity contribution is -0.132. The van der Waals surface area contributed by atoms with Crippen molar-refractivity contribution < 1.29 is 4.79 Å². The summed E-state index contributed by atoms with van der Waals surface area (Å²) < 4.78 is 0. The van der Waals surface area contributed by atoms with Crippen LogP contribution in [0.15, 0.2) is 35.1 Å². The number of amides is 1. The van der Waals surface area contributed by atoms with Crippen molar-refractivity contribution in [2.75, 3.05) is 13.1 Å². The molecular formula is C20H25N3O2. The van der Waals surface area contributed by atoms with E-state index in [1.807, 2.05) is 23.1 Å². The largest absolute Gasteiger partial charge is 0.342 e. The molecule has 3 rings (SSSR count). The number of benzene rings is 1. The normalized spacial score (nSPS) is 20.5. The molecule has 2 aromatic rings. The third kappa shape index (κ3) is 3.65. The van der Waals surface area contributed by atoms with Crippen LogP contribution in [0.25, 0.3) is 0 Å². The summed E-state index contributed by atoms with van der Waals surface area (Å²) >= 11 is 0. The van der Waals surface area contributed by atoms with Gasteiger partial charge in [0.1, 0.15) is 5.82 Å². The van der Waals surface area contributed by atoms with Gasteiger partial charge in [0.05, 0.1) is 6.42 Å². The Labute approximate surface area is 148 Å². The predicted octanol–water partition coefficient (Wildman–Crippen LogP) is 2.51. The molecule has 1 amide bonds. The van der Waals surface area contributed by atoms with E-state index in [4.69, 9.17) is 0 Å². The van der Waals surface area contributed by atoms with E-state index in [-0.39, 0.29) is 23.3 Å². The van der Waals surface area contributed by atoms with Crippen molar-refractivity contribution in [3.05, 3.63) is 63.3 Å². The molecular weight excluding hydrogens is 314 g/mol. The number of likely N-dealkylation sites (tertiary alicyclic amines) is 1. The molecule has 1 aromatic heterocycles. The van der Waals surface area contributed by atoms with Crippen LogP contribution in [0.1, 0.15) is 42.4 Å². The van der Waals surface area contributed by atoms with Gasteiger partial charge < -0.3 is 9.88 Å². The van der Waals surface area contributed by atoms with Crippen molar-refractivity contribution in [2.45, 2.75) is 45.4 Å². The fraction of sp³-hybridized carbons (Fsp3) is 0.450. The number of carbonyl (C=O) groups is 1. The van der Waals surface area contributed by atoms with Crippen LogP contribution in [0.2, 0.25) is 0 Å². The zero-order chi connectivity index (χ0) is 18.0. The molecule has 0 radical (unpaired) electrons. The highest BCUT2D eigenvalue weighted by Gasteiger charge is 2.34. The fourth-order valence-electron chi connectivity index (χ4n) is 3.75. The maximum atomic E-state index is 12.8. The highest BCUT2D eigenvalue weighted by Crippen LogP contribution is 2.33. The van der Waals surface area contributed by atoms with Crippen molar-refractivity contribution in [2.24, 2.45) is 0 Å². The van der Waals surface area contributed by atoms with Crippen LogP contribution in [-0.4, -0.2) is 33.9 Å². The van der Waals surface area contributed by atoms with E-state index in [9.17, 15) is 9.59 Å². The number of carbonyl (C=O) groups excluding carboxylic acids is 1. The lowest BCUT2D eigenvalue weighted by Crippen LogP contribution is -2.48. The number of aryl methyl sites for hydroxylation is 2. The summed E-state index contributed by atoms with van der Waals surface area (Å²) in [7, 11) is 0. The number of hydrogen-bond acceptors (Lipinski definition) is 3. The monoisotopic (exact) mass is 339 g/mol. The van der Waals surface area contributed by atoms with Gasteiger partial charge in [0, 0.05) is 29.8 Å². The van der Waals surface area contributed by atoms with Crippen molar-refractivity contribution in [1.29, 1.82) is 0 Å². The Balaban J connectivity index is 1.78. The van der Waals surface area contributed by atoms with Gasteiger partial charge in [-0.25, -0.2) is 4.98 Å². The second-order valence-electron chi connectivity index (χ2n) is 7.24. The lowest BCUT2D eigenvalue weighted by Gasteiger charge is -2.41. The van der Waals surface area contributed by atoms with Gasteiger partial charge in [-0.3, -0.25) is 9.59 Å². The van der Waals surface area contributed by atoms with Crippen LogP contribution in [0.4, 0.5) is 0 Å². The summed E-state index contributed by atoms with van der Waals surface area (Å²) in [4.78, 5) is 33.9. The van der Waals surface area contributed by atoms with Crippen LogP contribution in [0, 0.1) is 13.8 Å². The maximum absolute atomic E-state index is 12.8. The molecule has 1 aliphatic heterocycles. The minimum Gasteiger partial charge on any atom is -0.342 e. The van der Waals surface area contributed by atoms with Gasteiger partial charge in [-0.05, 0) is 32.3 Å². The number of aromatic nitrogens is 2. The number of piperidine rings is 1. The number of H-pyrrole nitrogens is 1. The first-order chi connectivity index (χ1) is 11.9. The first-order valence-corrected chi connectivity index (χ1v) is 8.79. The number of aromatic amines is 1. The van der Waals surface area contributed by atoms with Crippen LogP contribution in [0.5, 0.6) is 0 Å². The Morgan fingerprint density at radius 1 is 1.28 bits per heavy atom. The molecule has 5 heteroatoms. The second-order valence-corrected chi connectivity index (χ2v) is 7.24. The Hall–Kier alpha value is -2.43. The number of hydrogen-bond donors (Lipinski definition) is 1. The van der Waals surface area contributed by atoms with E-state index in [2.05, 4.69) is 29.0 Å². The van der Waals surface area contributed by atoms with E-state index in [1.54, 1.807) is 13.8 Å². The quantitative estimate of drug-likeness (QED) is 0.934. The van der Waals surface area contributed by atoms with Crippen molar-refractivity contribution >= 4 is 5.91 Å². The zero-order valence-corrected chi connectivity index (χ0v) is 15.1. The molecule has 132 valence electrons. The molecule has 2 heterocycles. The summed E-state index contributed by atoms with van der Waals surface area (Å²) in [5.74, 6) is 0.578. The van der Waals surface area contributed by atoms with Gasteiger partial charge >= 0.3 is 0 Å². The summed E-state index contributed by atoms with van der Waals surface area (Å²) in [6.45, 7) is 7.18. The molecule has 1 aromatic carbocycles. The van der Waals surface area contributed by atoms with Gasteiger partial charge in [0.25, 0.3) is 5.56 Å². The third-order valence-electron chi connectivity index (χ3n) is 5.19. The molecule has 1 N–H and O–H groups in total. The van der Waals surface area contributed by atoms with Crippen LogP contribution < -0.4 is 5.56 Å². The second kappa shape index (κ2) is 6.82. The highest BCUT2D eigenvalue weighted by atomic mass is 16.2. The summed E-state index contributed by atoms with van der Waals surface area (Å²) in [5, 5.41) is 0. The Morgan fingerprint density at radius 2 is 2.00 bits per heavy atom. The standard InChI is InChI=1S/C20H25N3O2/c1-14-17(19(25)22-15(2)21-14)12-18(24)23-11-7-10-20(3,13-23)16-8-5-4-6-9-16/h4-6,8-9H,7,10-13H2,1-3H3,(H,21,22,25)/t20-/m0/s1. The number of rotatable bonds is 3. The van der Waals surface area contributed by atoms with E-state index in [0.29, 0.717) is 23.6 Å².